The molecule has 0 aromatic heterocycles. The third-order valence-corrected chi connectivity index (χ3v) is 2.21. The van der Waals surface area contributed by atoms with Gasteiger partial charge >= 0.3 is 12.3 Å². The summed E-state index contributed by atoms with van der Waals surface area (Å²) in [6, 6.07) is 4.58. The van der Waals surface area contributed by atoms with Gasteiger partial charge in [0.15, 0.2) is 6.61 Å². The van der Waals surface area contributed by atoms with Gasteiger partial charge in [0, 0.05) is 11.8 Å². The van der Waals surface area contributed by atoms with E-state index in [1.165, 1.54) is 18.2 Å². The van der Waals surface area contributed by atoms with E-state index in [4.69, 9.17) is 0 Å². The summed E-state index contributed by atoms with van der Waals surface area (Å²) in [7, 11) is 0. The van der Waals surface area contributed by atoms with Crippen LogP contribution in [0.25, 0.3) is 0 Å². The highest BCUT2D eigenvalue weighted by Crippen LogP contribution is 2.23. The first kappa shape index (κ1) is 17.5. The first-order valence-corrected chi connectivity index (χ1v) is 6.29. The van der Waals surface area contributed by atoms with Crippen LogP contribution in [0.5, 0.6) is 5.75 Å². The van der Waals surface area contributed by atoms with Crippen LogP contribution in [0.15, 0.2) is 36.4 Å². The van der Waals surface area contributed by atoms with Crippen LogP contribution in [0.1, 0.15) is 13.3 Å². The van der Waals surface area contributed by atoms with Crippen molar-refractivity contribution in [1.82, 2.24) is 0 Å². The summed E-state index contributed by atoms with van der Waals surface area (Å²) in [4.78, 5) is 22.6. The van der Waals surface area contributed by atoms with E-state index in [-0.39, 0.29) is 5.69 Å². The molecule has 0 radical (unpaired) electrons. The monoisotopic (exact) mass is 317 g/mol. The Labute approximate surface area is 124 Å². The van der Waals surface area contributed by atoms with Gasteiger partial charge in [0.2, 0.25) is 0 Å². The number of alkyl halides is 3. The summed E-state index contributed by atoms with van der Waals surface area (Å²) < 4.78 is 44.3. The Morgan fingerprint density at radius 2 is 1.86 bits per heavy atom. The fraction of sp³-hybridized carbons (Fsp3) is 0.286. The Morgan fingerprint density at radius 1 is 1.23 bits per heavy atom. The second-order valence-electron chi connectivity index (χ2n) is 4.04. The van der Waals surface area contributed by atoms with E-state index in [2.05, 4.69) is 14.8 Å². The minimum absolute atomic E-state index is 0.250. The number of anilines is 1. The van der Waals surface area contributed by atoms with Crippen LogP contribution in [0, 0.1) is 0 Å². The molecule has 1 aromatic carbocycles. The lowest BCUT2D eigenvalue weighted by Crippen LogP contribution is -2.20. The average Bonchev–Trinajstić information content (AvgIpc) is 2.43. The van der Waals surface area contributed by atoms with E-state index >= 15 is 0 Å². The molecule has 0 unspecified atom stereocenters. The molecule has 0 bridgehead atoms. The van der Waals surface area contributed by atoms with Crippen molar-refractivity contribution in [2.24, 2.45) is 0 Å². The van der Waals surface area contributed by atoms with E-state index in [1.54, 1.807) is 6.08 Å². The van der Waals surface area contributed by atoms with Crippen LogP contribution in [0.4, 0.5) is 18.9 Å². The molecule has 0 spiro atoms. The lowest BCUT2D eigenvalue weighted by atomic mass is 10.3. The Kier molecular flexibility index (Phi) is 6.43. The summed E-state index contributed by atoms with van der Waals surface area (Å²) in [5.41, 5.74) is 0.250. The minimum atomic E-state index is -4.77. The molecule has 22 heavy (non-hydrogen) atoms. The zero-order chi connectivity index (χ0) is 16.6. The van der Waals surface area contributed by atoms with Crippen LogP contribution >= 0.6 is 0 Å². The zero-order valence-corrected chi connectivity index (χ0v) is 11.6. The lowest BCUT2D eigenvalue weighted by molar-refractivity contribution is -0.274. The molecule has 0 fully saturated rings. The van der Waals surface area contributed by atoms with Gasteiger partial charge in [-0.15, -0.1) is 13.2 Å². The third-order valence-electron chi connectivity index (χ3n) is 2.21. The van der Waals surface area contributed by atoms with E-state index in [1.807, 2.05) is 6.92 Å². The van der Waals surface area contributed by atoms with E-state index in [0.717, 1.165) is 12.1 Å². The highest BCUT2D eigenvalue weighted by atomic mass is 19.4. The topological polar surface area (TPSA) is 64.6 Å². The van der Waals surface area contributed by atoms with Crippen LogP contribution < -0.4 is 10.1 Å². The number of hydrogen-bond acceptors (Lipinski definition) is 4. The van der Waals surface area contributed by atoms with Crippen LogP contribution in [0.3, 0.4) is 0 Å². The molecule has 0 saturated heterocycles. The number of esters is 1. The first-order valence-electron chi connectivity index (χ1n) is 6.29. The maximum absolute atomic E-state index is 12.0. The molecule has 1 amide bonds. The van der Waals surface area contributed by atoms with Crippen LogP contribution in [-0.4, -0.2) is 24.8 Å². The number of carbonyl (C=O) groups is 2. The van der Waals surface area contributed by atoms with Crippen molar-refractivity contribution >= 4 is 17.6 Å². The highest BCUT2D eigenvalue weighted by Gasteiger charge is 2.30. The van der Waals surface area contributed by atoms with Gasteiger partial charge in [-0.2, -0.15) is 0 Å². The molecule has 0 aliphatic heterocycles. The predicted molar refractivity (Wildman–Crippen MR) is 72.1 cm³/mol. The van der Waals surface area contributed by atoms with Crippen molar-refractivity contribution in [2.45, 2.75) is 19.7 Å². The van der Waals surface area contributed by atoms with Gasteiger partial charge in [0.1, 0.15) is 5.75 Å². The molecule has 0 heterocycles. The molecule has 5 nitrogen and oxygen atoms in total. The third kappa shape index (κ3) is 7.32. The smallest absolute Gasteiger partial charge is 0.452 e. The highest BCUT2D eigenvalue weighted by molar-refractivity contribution is 5.93. The molecular formula is C14H14F3NO4. The van der Waals surface area contributed by atoms with Gasteiger partial charge in [-0.05, 0) is 30.7 Å². The minimum Gasteiger partial charge on any atom is -0.452 e. The standard InChI is InChI=1S/C14H14F3NO4/c1-2-3-4-13(20)21-9-12(19)18-10-5-7-11(8-6-10)22-14(15,16)17/h3-8H,2,9H2,1H3,(H,18,19)/b4-3+. The van der Waals surface area contributed by atoms with Crippen LogP contribution in [0.2, 0.25) is 0 Å². The lowest BCUT2D eigenvalue weighted by Gasteiger charge is -2.10. The summed E-state index contributed by atoms with van der Waals surface area (Å²) in [6.45, 7) is 1.34. The predicted octanol–water partition coefficient (Wildman–Crippen LogP) is 3.03. The van der Waals surface area contributed by atoms with Crippen molar-refractivity contribution in [3.8, 4) is 5.75 Å². The van der Waals surface area contributed by atoms with Crippen molar-refractivity contribution < 1.29 is 32.2 Å². The number of allylic oxidation sites excluding steroid dienone is 1. The van der Waals surface area contributed by atoms with Crippen molar-refractivity contribution in [3.05, 3.63) is 36.4 Å². The van der Waals surface area contributed by atoms with Crippen molar-refractivity contribution in [3.63, 3.8) is 0 Å². The summed E-state index contributed by atoms with van der Waals surface area (Å²) in [6.07, 6.45) is -1.32. The fourth-order valence-electron chi connectivity index (χ4n) is 1.34. The van der Waals surface area contributed by atoms with Crippen molar-refractivity contribution in [1.29, 1.82) is 0 Å². The van der Waals surface area contributed by atoms with Crippen molar-refractivity contribution in [2.75, 3.05) is 11.9 Å². The molecule has 0 aliphatic rings. The maximum Gasteiger partial charge on any atom is 0.573 e. The Balaban J connectivity index is 2.45. The quantitative estimate of drug-likeness (QED) is 0.647. The second-order valence-corrected chi connectivity index (χ2v) is 4.04. The van der Waals surface area contributed by atoms with Gasteiger partial charge in [-0.3, -0.25) is 4.79 Å². The summed E-state index contributed by atoms with van der Waals surface area (Å²) >= 11 is 0. The fourth-order valence-corrected chi connectivity index (χ4v) is 1.34. The normalized spacial score (nSPS) is 11.3. The number of benzene rings is 1. The number of rotatable bonds is 6. The van der Waals surface area contributed by atoms with Gasteiger partial charge in [0.05, 0.1) is 0 Å². The second kappa shape index (κ2) is 8.06. The van der Waals surface area contributed by atoms with Gasteiger partial charge in [0.25, 0.3) is 5.91 Å². The molecule has 0 saturated carbocycles. The molecule has 1 rings (SSSR count). The Morgan fingerprint density at radius 3 is 2.41 bits per heavy atom. The number of nitrogens with one attached hydrogen (secondary N) is 1. The molecule has 120 valence electrons. The van der Waals surface area contributed by atoms with Gasteiger partial charge in [-0.1, -0.05) is 13.0 Å². The molecular weight excluding hydrogens is 303 g/mol. The summed E-state index contributed by atoms with van der Waals surface area (Å²) in [5.74, 6) is -1.66. The first-order chi connectivity index (χ1) is 10.3. The molecule has 0 aliphatic carbocycles. The molecule has 1 aromatic rings. The largest absolute Gasteiger partial charge is 0.573 e. The number of hydrogen-bond donors (Lipinski definition) is 1. The van der Waals surface area contributed by atoms with Crippen LogP contribution in [-0.2, 0) is 14.3 Å². The van der Waals surface area contributed by atoms with Gasteiger partial charge < -0.3 is 14.8 Å². The molecule has 0 atom stereocenters. The van der Waals surface area contributed by atoms with Gasteiger partial charge in [-0.25, -0.2) is 4.79 Å². The van der Waals surface area contributed by atoms with E-state index in [0.29, 0.717) is 6.42 Å². The molecule has 8 heteroatoms. The number of halogens is 3. The van der Waals surface area contributed by atoms with E-state index < -0.39 is 30.6 Å². The summed E-state index contributed by atoms with van der Waals surface area (Å²) in [5, 5.41) is 2.37. The Bertz CT molecular complexity index is 538. The number of ether oxygens (including phenoxy) is 2. The van der Waals surface area contributed by atoms with E-state index in [9.17, 15) is 22.8 Å². The Hall–Kier alpha value is -2.51. The maximum atomic E-state index is 12.0. The average molecular weight is 317 g/mol. The molecule has 1 N–H and O–H groups in total. The number of carbonyl (C=O) groups excluding carboxylic acids is 2. The number of amides is 1. The zero-order valence-electron chi connectivity index (χ0n) is 11.6. The SMILES string of the molecule is CC/C=C/C(=O)OCC(=O)Nc1ccc(OC(F)(F)F)cc1.